The van der Waals surface area contributed by atoms with E-state index in [4.69, 9.17) is 0 Å². The van der Waals surface area contributed by atoms with Crippen LogP contribution in [0, 0.1) is 22.2 Å². The summed E-state index contributed by atoms with van der Waals surface area (Å²) < 4.78 is 0. The van der Waals surface area contributed by atoms with Gasteiger partial charge in [-0.3, -0.25) is 4.79 Å². The maximum absolute atomic E-state index is 12.3. The van der Waals surface area contributed by atoms with Crippen molar-refractivity contribution >= 4 is 5.78 Å². The van der Waals surface area contributed by atoms with E-state index in [2.05, 4.69) is 13.0 Å². The molecule has 0 aromatic heterocycles. The van der Waals surface area contributed by atoms with E-state index in [0.29, 0.717) is 0 Å². The Morgan fingerprint density at radius 2 is 1.82 bits per heavy atom. The van der Waals surface area contributed by atoms with Crippen LogP contribution in [-0.2, 0) is 4.79 Å². The Morgan fingerprint density at radius 3 is 2.29 bits per heavy atom. The third kappa shape index (κ3) is 3.09. The Bertz CT molecular complexity index is 313. The van der Waals surface area contributed by atoms with E-state index >= 15 is 0 Å². The van der Waals surface area contributed by atoms with Crippen molar-refractivity contribution in [3.63, 3.8) is 0 Å². The summed E-state index contributed by atoms with van der Waals surface area (Å²) in [6.45, 7) is 6.15. The second-order valence-corrected chi connectivity index (χ2v) is 6.07. The molecule has 0 spiro atoms. The molecule has 0 saturated heterocycles. The summed E-state index contributed by atoms with van der Waals surface area (Å²) in [7, 11) is 0. The Labute approximate surface area is 105 Å². The normalized spacial score (nSPS) is 27.1. The molecule has 2 heteroatoms. The van der Waals surface area contributed by atoms with Gasteiger partial charge in [-0.05, 0) is 19.3 Å². The molecule has 0 amide bonds. The lowest BCUT2D eigenvalue weighted by molar-refractivity contribution is -0.130. The minimum Gasteiger partial charge on any atom is -0.297 e. The average Bonchev–Trinajstić information content (AvgIpc) is 2.53. The van der Waals surface area contributed by atoms with Crippen LogP contribution in [0.5, 0.6) is 0 Å². The van der Waals surface area contributed by atoms with Crippen LogP contribution in [0.1, 0.15) is 72.1 Å². The number of hydrogen-bond acceptors (Lipinski definition) is 2. The number of ketones is 1. The van der Waals surface area contributed by atoms with Gasteiger partial charge >= 0.3 is 0 Å². The van der Waals surface area contributed by atoms with Crippen molar-refractivity contribution in [3.05, 3.63) is 0 Å². The lowest BCUT2D eigenvalue weighted by Gasteiger charge is -2.22. The van der Waals surface area contributed by atoms with Gasteiger partial charge in [0.1, 0.15) is 5.41 Å². The van der Waals surface area contributed by atoms with E-state index in [0.717, 1.165) is 32.1 Å². The third-order valence-corrected chi connectivity index (χ3v) is 4.15. The number of Topliss-reactive ketones (excluding diaryl/α,β-unsaturated/α-hetero) is 1. The van der Waals surface area contributed by atoms with Crippen molar-refractivity contribution in [2.75, 3.05) is 0 Å². The van der Waals surface area contributed by atoms with Crippen LogP contribution in [0.3, 0.4) is 0 Å². The topological polar surface area (TPSA) is 40.9 Å². The molecule has 0 N–H and O–H groups in total. The zero-order valence-corrected chi connectivity index (χ0v) is 11.5. The van der Waals surface area contributed by atoms with Gasteiger partial charge in [0.05, 0.1) is 6.07 Å². The number of carbonyl (C=O) groups excluding carboxylic acids is 1. The smallest absolute Gasteiger partial charge is 0.158 e. The average molecular weight is 235 g/mol. The summed E-state index contributed by atoms with van der Waals surface area (Å²) >= 11 is 0. The molecule has 0 aromatic carbocycles. The molecule has 1 saturated carbocycles. The van der Waals surface area contributed by atoms with Gasteiger partial charge in [0.2, 0.25) is 0 Å². The van der Waals surface area contributed by atoms with Crippen LogP contribution >= 0.6 is 0 Å². The highest BCUT2D eigenvalue weighted by Crippen LogP contribution is 2.48. The number of carbonyl (C=O) groups is 1. The summed E-state index contributed by atoms with van der Waals surface area (Å²) in [4.78, 5) is 12.3. The molecule has 0 heterocycles. The number of unbranched alkanes of at least 4 members (excludes halogenated alkanes) is 4. The predicted molar refractivity (Wildman–Crippen MR) is 69.4 cm³/mol. The molecule has 1 aliphatic rings. The summed E-state index contributed by atoms with van der Waals surface area (Å²) in [5.41, 5.74) is -0.936. The molecular weight excluding hydrogens is 210 g/mol. The molecule has 1 aliphatic carbocycles. The SMILES string of the molecule is CCCCCCCC1(C#N)CCC(C)(C)C1=O. The first-order chi connectivity index (χ1) is 7.98. The van der Waals surface area contributed by atoms with E-state index < -0.39 is 5.41 Å². The standard InChI is InChI=1S/C15H25NO/c1-4-5-6-7-8-9-15(12-16)11-10-14(2,3)13(15)17/h4-11H2,1-3H3. The molecule has 0 bridgehead atoms. The molecule has 1 fully saturated rings. The molecule has 2 nitrogen and oxygen atoms in total. The van der Waals surface area contributed by atoms with Crippen LogP contribution in [0.15, 0.2) is 0 Å². The third-order valence-electron chi connectivity index (χ3n) is 4.15. The summed E-state index contributed by atoms with van der Waals surface area (Å²) in [6, 6.07) is 2.32. The minimum absolute atomic E-state index is 0.183. The highest BCUT2D eigenvalue weighted by molar-refractivity contribution is 5.94. The molecule has 17 heavy (non-hydrogen) atoms. The maximum atomic E-state index is 12.3. The van der Waals surface area contributed by atoms with Gasteiger partial charge < -0.3 is 0 Å². The minimum atomic E-state index is -0.657. The van der Waals surface area contributed by atoms with Crippen molar-refractivity contribution in [1.29, 1.82) is 5.26 Å². The quantitative estimate of drug-likeness (QED) is 0.646. The lowest BCUT2D eigenvalue weighted by atomic mass is 9.77. The van der Waals surface area contributed by atoms with Crippen LogP contribution in [0.4, 0.5) is 0 Å². The molecule has 0 radical (unpaired) electrons. The zero-order valence-electron chi connectivity index (χ0n) is 11.5. The van der Waals surface area contributed by atoms with Crippen molar-refractivity contribution in [2.24, 2.45) is 10.8 Å². The van der Waals surface area contributed by atoms with Crippen LogP contribution < -0.4 is 0 Å². The first-order valence-electron chi connectivity index (χ1n) is 6.95. The zero-order chi connectivity index (χ0) is 12.9. The Hall–Kier alpha value is -0.840. The first kappa shape index (κ1) is 14.2. The number of nitriles is 1. The fraction of sp³-hybridized carbons (Fsp3) is 0.867. The Kier molecular flexibility index (Phi) is 4.74. The van der Waals surface area contributed by atoms with E-state index in [1.165, 1.54) is 19.3 Å². The van der Waals surface area contributed by atoms with Crippen LogP contribution in [0.25, 0.3) is 0 Å². The Balaban J connectivity index is 2.49. The number of hydrogen-bond donors (Lipinski definition) is 0. The molecular formula is C15H25NO. The van der Waals surface area contributed by atoms with Crippen molar-refractivity contribution in [2.45, 2.75) is 72.1 Å². The van der Waals surface area contributed by atoms with Gasteiger partial charge in [0, 0.05) is 5.41 Å². The van der Waals surface area contributed by atoms with Gasteiger partial charge in [-0.25, -0.2) is 0 Å². The van der Waals surface area contributed by atoms with E-state index in [9.17, 15) is 10.1 Å². The molecule has 1 unspecified atom stereocenters. The molecule has 0 aromatic rings. The second kappa shape index (κ2) is 5.67. The van der Waals surface area contributed by atoms with Crippen molar-refractivity contribution in [1.82, 2.24) is 0 Å². The fourth-order valence-corrected chi connectivity index (χ4v) is 2.83. The highest BCUT2D eigenvalue weighted by Gasteiger charge is 2.51. The molecule has 0 aliphatic heterocycles. The van der Waals surface area contributed by atoms with Gasteiger partial charge in [-0.2, -0.15) is 5.26 Å². The van der Waals surface area contributed by atoms with Crippen LogP contribution in [-0.4, -0.2) is 5.78 Å². The maximum Gasteiger partial charge on any atom is 0.158 e. The molecule has 96 valence electrons. The largest absolute Gasteiger partial charge is 0.297 e. The van der Waals surface area contributed by atoms with Gasteiger partial charge in [0.25, 0.3) is 0 Å². The van der Waals surface area contributed by atoms with Crippen molar-refractivity contribution < 1.29 is 4.79 Å². The van der Waals surface area contributed by atoms with Crippen molar-refractivity contribution in [3.8, 4) is 6.07 Å². The fourth-order valence-electron chi connectivity index (χ4n) is 2.83. The predicted octanol–water partition coefficient (Wildman–Crippen LogP) is 4.25. The van der Waals surface area contributed by atoms with Gasteiger partial charge in [-0.15, -0.1) is 0 Å². The highest BCUT2D eigenvalue weighted by atomic mass is 16.1. The van der Waals surface area contributed by atoms with Gasteiger partial charge in [-0.1, -0.05) is 52.9 Å². The van der Waals surface area contributed by atoms with E-state index in [-0.39, 0.29) is 11.2 Å². The molecule has 1 atom stereocenters. The molecule has 1 rings (SSSR count). The number of rotatable bonds is 6. The number of nitrogens with zero attached hydrogens (tertiary/aromatic N) is 1. The first-order valence-corrected chi connectivity index (χ1v) is 6.95. The van der Waals surface area contributed by atoms with E-state index in [1.54, 1.807) is 0 Å². The summed E-state index contributed by atoms with van der Waals surface area (Å²) in [5, 5.41) is 9.35. The summed E-state index contributed by atoms with van der Waals surface area (Å²) in [6.07, 6.45) is 8.32. The van der Waals surface area contributed by atoms with Gasteiger partial charge in [0.15, 0.2) is 5.78 Å². The second-order valence-electron chi connectivity index (χ2n) is 6.07. The summed E-state index contributed by atoms with van der Waals surface area (Å²) in [5.74, 6) is 0.183. The van der Waals surface area contributed by atoms with Crippen LogP contribution in [0.2, 0.25) is 0 Å². The van der Waals surface area contributed by atoms with E-state index in [1.807, 2.05) is 13.8 Å². The monoisotopic (exact) mass is 235 g/mol. The Morgan fingerprint density at radius 1 is 1.18 bits per heavy atom. The lowest BCUT2D eigenvalue weighted by Crippen LogP contribution is -2.31.